The second kappa shape index (κ2) is 23.7. The maximum atomic E-state index is 9.79. The first kappa shape index (κ1) is 46.9. The first-order valence-corrected chi connectivity index (χ1v) is 22.4. The van der Waals surface area contributed by atoms with Crippen molar-refractivity contribution in [3.05, 3.63) is 205 Å². The fourth-order valence-corrected chi connectivity index (χ4v) is 7.39. The molecule has 0 saturated heterocycles. The molecule has 0 spiro atoms. The average molecular weight is 929 g/mol. The zero-order valence-corrected chi connectivity index (χ0v) is 37.7. The van der Waals surface area contributed by atoms with Gasteiger partial charge >= 0.3 is 0 Å². The molecule has 0 aromatic heterocycles. The smallest absolute Gasteiger partial charge is 0.127 e. The fraction of sp³-hybridized carbons (Fsp3) is 0.158. The van der Waals surface area contributed by atoms with Crippen LogP contribution in [0.5, 0.6) is 69.0 Å². The molecule has 8 aromatic carbocycles. The fourth-order valence-electron chi connectivity index (χ4n) is 7.39. The van der Waals surface area contributed by atoms with E-state index < -0.39 is 5.92 Å². The average Bonchev–Trinajstić information content (AvgIpc) is 3.38. The van der Waals surface area contributed by atoms with Crippen molar-refractivity contribution in [3.63, 3.8) is 0 Å². The zero-order valence-electron chi connectivity index (χ0n) is 37.7. The molecule has 0 aliphatic heterocycles. The van der Waals surface area contributed by atoms with Crippen LogP contribution in [0.4, 0.5) is 0 Å². The van der Waals surface area contributed by atoms with Crippen molar-refractivity contribution in [1.82, 2.24) is 0 Å². The van der Waals surface area contributed by atoms with Gasteiger partial charge in [-0.1, -0.05) is 66.7 Å². The summed E-state index contributed by atoms with van der Waals surface area (Å²) in [4.78, 5) is 0. The summed E-state index contributed by atoms with van der Waals surface area (Å²) < 4.78 is 49.3. The number of aromatic hydroxyl groups is 4. The summed E-state index contributed by atoms with van der Waals surface area (Å²) in [5.41, 5.74) is 4.74. The van der Waals surface area contributed by atoms with Crippen molar-refractivity contribution >= 4 is 0 Å². The lowest BCUT2D eigenvalue weighted by molar-refractivity contribution is 0.207. The standard InChI is InChI=1S/C57H52O12/c58-43-10-18-47(19-11-43)62-30-32-66-51-26-28-53(55(38-51)68-36-34-64-49-22-14-45(60)15-23-49)57(42-8-6-41(7-9-42)40-4-2-1-3-5-40)54-29-27-52(67-33-31-63-48-20-12-44(59)13-21-48)39-56(54)69-37-35-65-50-24-16-46(61)17-25-50/h1-29,38-39,57-61H,30-37H2. The van der Waals surface area contributed by atoms with Gasteiger partial charge in [-0.2, -0.15) is 0 Å². The highest BCUT2D eigenvalue weighted by molar-refractivity contribution is 5.65. The molecular weight excluding hydrogens is 877 g/mol. The highest BCUT2D eigenvalue weighted by Gasteiger charge is 2.26. The van der Waals surface area contributed by atoms with Gasteiger partial charge < -0.3 is 58.3 Å². The van der Waals surface area contributed by atoms with Crippen LogP contribution in [0.25, 0.3) is 11.1 Å². The Balaban J connectivity index is 1.12. The molecule has 4 N–H and O–H groups in total. The van der Waals surface area contributed by atoms with Crippen LogP contribution in [0.3, 0.4) is 0 Å². The van der Waals surface area contributed by atoms with Crippen LogP contribution in [0.2, 0.25) is 0 Å². The van der Waals surface area contributed by atoms with E-state index in [0.717, 1.165) is 27.8 Å². The quantitative estimate of drug-likeness (QED) is 0.0337. The van der Waals surface area contributed by atoms with E-state index in [1.165, 1.54) is 0 Å². The second-order valence-electron chi connectivity index (χ2n) is 15.6. The molecule has 0 radical (unpaired) electrons. The van der Waals surface area contributed by atoms with Gasteiger partial charge in [-0.15, -0.1) is 0 Å². The summed E-state index contributed by atoms with van der Waals surface area (Å²) in [6.45, 7) is 1.77. The van der Waals surface area contributed by atoms with Gasteiger partial charge in [-0.05, 0) is 126 Å². The highest BCUT2D eigenvalue weighted by atomic mass is 16.5. The van der Waals surface area contributed by atoms with Crippen molar-refractivity contribution in [2.45, 2.75) is 5.92 Å². The molecule has 69 heavy (non-hydrogen) atoms. The van der Waals surface area contributed by atoms with Gasteiger partial charge in [0, 0.05) is 29.2 Å². The Kier molecular flexibility index (Phi) is 16.1. The van der Waals surface area contributed by atoms with Crippen LogP contribution in [-0.4, -0.2) is 73.3 Å². The summed E-state index contributed by atoms with van der Waals surface area (Å²) in [7, 11) is 0. The lowest BCUT2D eigenvalue weighted by Gasteiger charge is -2.25. The molecule has 0 bridgehead atoms. The molecule has 8 aromatic rings. The maximum absolute atomic E-state index is 9.79. The molecular formula is C57H52O12. The predicted molar refractivity (Wildman–Crippen MR) is 262 cm³/mol. The van der Waals surface area contributed by atoms with Crippen LogP contribution in [0, 0.1) is 0 Å². The number of benzene rings is 8. The van der Waals surface area contributed by atoms with Crippen LogP contribution in [-0.2, 0) is 0 Å². The first-order chi connectivity index (χ1) is 33.8. The third-order valence-corrected chi connectivity index (χ3v) is 10.8. The van der Waals surface area contributed by atoms with Crippen LogP contribution in [0.15, 0.2) is 188 Å². The van der Waals surface area contributed by atoms with Crippen LogP contribution >= 0.6 is 0 Å². The number of phenols is 4. The van der Waals surface area contributed by atoms with Crippen LogP contribution in [0.1, 0.15) is 22.6 Å². The molecule has 0 heterocycles. The minimum absolute atomic E-state index is 0.142. The minimum atomic E-state index is -0.449. The molecule has 0 amide bonds. The molecule has 0 aliphatic carbocycles. The zero-order chi connectivity index (χ0) is 47.6. The van der Waals surface area contributed by atoms with Crippen molar-refractivity contribution in [2.24, 2.45) is 0 Å². The Morgan fingerprint density at radius 3 is 0.913 bits per heavy atom. The Morgan fingerprint density at radius 2 is 0.565 bits per heavy atom. The molecule has 0 atom stereocenters. The highest BCUT2D eigenvalue weighted by Crippen LogP contribution is 2.44. The molecule has 12 heteroatoms. The molecule has 12 nitrogen and oxygen atoms in total. The van der Waals surface area contributed by atoms with Gasteiger partial charge in [0.1, 0.15) is 122 Å². The molecule has 0 aliphatic rings. The van der Waals surface area contributed by atoms with Gasteiger partial charge in [0.05, 0.1) is 0 Å². The third kappa shape index (κ3) is 13.7. The van der Waals surface area contributed by atoms with E-state index in [-0.39, 0.29) is 75.9 Å². The van der Waals surface area contributed by atoms with Gasteiger partial charge in [0.15, 0.2) is 0 Å². The van der Waals surface area contributed by atoms with Crippen molar-refractivity contribution < 1.29 is 58.3 Å². The Bertz CT molecular complexity index is 2650. The number of rotatable bonds is 24. The van der Waals surface area contributed by atoms with E-state index in [4.69, 9.17) is 37.9 Å². The van der Waals surface area contributed by atoms with Crippen molar-refractivity contribution in [1.29, 1.82) is 0 Å². The normalized spacial score (nSPS) is 10.9. The van der Waals surface area contributed by atoms with Crippen molar-refractivity contribution in [3.8, 4) is 80.1 Å². The van der Waals surface area contributed by atoms with Crippen molar-refractivity contribution in [2.75, 3.05) is 52.9 Å². The Labute approximate surface area is 400 Å². The largest absolute Gasteiger partial charge is 0.508 e. The predicted octanol–water partition coefficient (Wildman–Crippen LogP) is 11.2. The molecule has 0 saturated carbocycles. The maximum Gasteiger partial charge on any atom is 0.127 e. The summed E-state index contributed by atoms with van der Waals surface area (Å²) in [5.74, 6) is 4.74. The van der Waals surface area contributed by atoms with Gasteiger partial charge in [0.2, 0.25) is 0 Å². The lowest BCUT2D eigenvalue weighted by atomic mass is 9.83. The Morgan fingerprint density at radius 1 is 0.275 bits per heavy atom. The third-order valence-electron chi connectivity index (χ3n) is 10.8. The van der Waals surface area contributed by atoms with E-state index in [1.54, 1.807) is 97.1 Å². The van der Waals surface area contributed by atoms with Gasteiger partial charge in [-0.3, -0.25) is 0 Å². The van der Waals surface area contributed by atoms with Crippen LogP contribution < -0.4 is 37.9 Å². The first-order valence-electron chi connectivity index (χ1n) is 22.4. The number of phenolic OH excluding ortho intramolecular Hbond substituents is 4. The Hall–Kier alpha value is -8.64. The van der Waals surface area contributed by atoms with Gasteiger partial charge in [0.25, 0.3) is 0 Å². The van der Waals surface area contributed by atoms with E-state index in [2.05, 4.69) is 36.4 Å². The second-order valence-corrected chi connectivity index (χ2v) is 15.6. The monoisotopic (exact) mass is 928 g/mol. The SMILES string of the molecule is Oc1ccc(OCCOc2ccc(C(c3ccc(-c4ccccc4)cc3)c3ccc(OCCOc4ccc(O)cc4)cc3OCCOc3ccc(O)cc3)c(OCCOc3ccc(O)cc3)c2)cc1. The number of hydrogen-bond donors (Lipinski definition) is 4. The van der Waals surface area contributed by atoms with E-state index in [9.17, 15) is 20.4 Å². The summed E-state index contributed by atoms with van der Waals surface area (Å²) >= 11 is 0. The summed E-state index contributed by atoms with van der Waals surface area (Å²) in [6, 6.07) is 56.2. The minimum Gasteiger partial charge on any atom is -0.508 e. The van der Waals surface area contributed by atoms with E-state index in [0.29, 0.717) is 46.0 Å². The van der Waals surface area contributed by atoms with E-state index in [1.807, 2.05) is 54.6 Å². The lowest BCUT2D eigenvalue weighted by Crippen LogP contribution is -2.15. The molecule has 8 rings (SSSR count). The molecule has 0 unspecified atom stereocenters. The molecule has 352 valence electrons. The van der Waals surface area contributed by atoms with E-state index >= 15 is 0 Å². The van der Waals surface area contributed by atoms with Gasteiger partial charge in [-0.25, -0.2) is 0 Å². The topological polar surface area (TPSA) is 155 Å². The number of ether oxygens (including phenoxy) is 8. The summed E-state index contributed by atoms with van der Waals surface area (Å²) in [6.07, 6.45) is 0. The number of hydrogen-bond acceptors (Lipinski definition) is 12. The molecule has 0 fully saturated rings. The summed E-state index contributed by atoms with van der Waals surface area (Å²) in [5, 5.41) is 38.9.